The lowest BCUT2D eigenvalue weighted by Gasteiger charge is -2.27. The molecular weight excluding hydrogens is 364 g/mol. The summed E-state index contributed by atoms with van der Waals surface area (Å²) in [5.74, 6) is 1.43. The molecule has 0 radical (unpaired) electrons. The van der Waals surface area contributed by atoms with Crippen molar-refractivity contribution in [2.45, 2.75) is 25.9 Å². The summed E-state index contributed by atoms with van der Waals surface area (Å²) < 4.78 is 29.2. The van der Waals surface area contributed by atoms with Gasteiger partial charge in [0.15, 0.2) is 9.84 Å². The van der Waals surface area contributed by atoms with Crippen LogP contribution in [0.15, 0.2) is 40.8 Å². The van der Waals surface area contributed by atoms with Crippen LogP contribution in [-0.4, -0.2) is 36.9 Å². The zero-order chi connectivity index (χ0) is 18.0. The van der Waals surface area contributed by atoms with E-state index in [-0.39, 0.29) is 30.1 Å². The van der Waals surface area contributed by atoms with E-state index < -0.39 is 9.84 Å². The topological polar surface area (TPSA) is 79.6 Å². The molecule has 1 saturated heterocycles. The van der Waals surface area contributed by atoms with Gasteiger partial charge in [-0.2, -0.15) is 0 Å². The lowest BCUT2D eigenvalue weighted by Crippen LogP contribution is -2.43. The maximum Gasteiger partial charge on any atom is 0.322 e. The Morgan fingerprint density at radius 1 is 1.28 bits per heavy atom. The van der Waals surface area contributed by atoms with E-state index in [4.69, 9.17) is 16.0 Å². The number of rotatable bonds is 4. The summed E-state index contributed by atoms with van der Waals surface area (Å²) in [4.78, 5) is 14.3. The van der Waals surface area contributed by atoms with Crippen molar-refractivity contribution in [3.8, 4) is 0 Å². The van der Waals surface area contributed by atoms with Crippen molar-refractivity contribution in [1.82, 2.24) is 4.90 Å². The summed E-state index contributed by atoms with van der Waals surface area (Å²) in [5.41, 5.74) is 0.593. The summed E-state index contributed by atoms with van der Waals surface area (Å²) in [5, 5.41) is 3.36. The maximum absolute atomic E-state index is 12.8. The molecule has 1 N–H and O–H groups in total. The van der Waals surface area contributed by atoms with Crippen molar-refractivity contribution in [2.24, 2.45) is 0 Å². The molecule has 0 saturated carbocycles. The molecular formula is C17H19ClN2O4S. The average molecular weight is 383 g/mol. The number of anilines is 1. The molecule has 1 aliphatic heterocycles. The van der Waals surface area contributed by atoms with Gasteiger partial charge < -0.3 is 14.6 Å². The number of aryl methyl sites for hydroxylation is 1. The Balaban J connectivity index is 1.79. The van der Waals surface area contributed by atoms with E-state index >= 15 is 0 Å². The molecule has 2 heterocycles. The van der Waals surface area contributed by atoms with Gasteiger partial charge in [0.1, 0.15) is 11.5 Å². The molecule has 0 bridgehead atoms. The fourth-order valence-electron chi connectivity index (χ4n) is 2.85. The van der Waals surface area contributed by atoms with Gasteiger partial charge in [0.05, 0.1) is 18.1 Å². The number of sulfone groups is 1. The van der Waals surface area contributed by atoms with Crippen LogP contribution in [0.2, 0.25) is 5.02 Å². The van der Waals surface area contributed by atoms with Crippen LogP contribution in [0.25, 0.3) is 0 Å². The van der Waals surface area contributed by atoms with E-state index in [1.54, 1.807) is 30.3 Å². The van der Waals surface area contributed by atoms with Gasteiger partial charge in [-0.15, -0.1) is 0 Å². The quantitative estimate of drug-likeness (QED) is 0.878. The maximum atomic E-state index is 12.8. The summed E-state index contributed by atoms with van der Waals surface area (Å²) in [7, 11) is -3.11. The van der Waals surface area contributed by atoms with E-state index in [0.29, 0.717) is 22.9 Å². The van der Waals surface area contributed by atoms with Gasteiger partial charge in [0, 0.05) is 16.8 Å². The molecule has 2 aromatic rings. The molecule has 25 heavy (non-hydrogen) atoms. The van der Waals surface area contributed by atoms with E-state index in [1.807, 2.05) is 13.0 Å². The molecule has 2 amide bonds. The molecule has 134 valence electrons. The van der Waals surface area contributed by atoms with Gasteiger partial charge in [-0.05, 0) is 49.7 Å². The molecule has 1 aliphatic rings. The Labute approximate surface area is 151 Å². The van der Waals surface area contributed by atoms with Crippen LogP contribution in [0.1, 0.15) is 17.9 Å². The van der Waals surface area contributed by atoms with E-state index in [0.717, 1.165) is 5.76 Å². The SMILES string of the molecule is Cc1ccc(CN(C(=O)Nc2ccc(Cl)cc2)[C@H]2CCS(=O)(=O)C2)o1. The van der Waals surface area contributed by atoms with Crippen molar-refractivity contribution in [3.63, 3.8) is 0 Å². The smallest absolute Gasteiger partial charge is 0.322 e. The zero-order valence-corrected chi connectivity index (χ0v) is 15.3. The second-order valence-corrected chi connectivity index (χ2v) is 8.80. The standard InChI is InChI=1S/C17H19ClN2O4S/c1-12-2-7-16(24-12)10-20(15-8-9-25(22,23)11-15)17(21)19-14-5-3-13(18)4-6-14/h2-7,15H,8-11H2,1H3,(H,19,21)/t15-/m0/s1. The van der Waals surface area contributed by atoms with E-state index in [2.05, 4.69) is 5.32 Å². The first-order valence-corrected chi connectivity index (χ1v) is 10.1. The summed E-state index contributed by atoms with van der Waals surface area (Å²) in [6.07, 6.45) is 0.427. The van der Waals surface area contributed by atoms with Crippen molar-refractivity contribution in [1.29, 1.82) is 0 Å². The predicted molar refractivity (Wildman–Crippen MR) is 96.5 cm³/mol. The summed E-state index contributed by atoms with van der Waals surface area (Å²) in [6.45, 7) is 2.04. The number of halogens is 1. The molecule has 0 aliphatic carbocycles. The third-order valence-corrected chi connectivity index (χ3v) is 6.13. The third kappa shape index (κ3) is 4.55. The van der Waals surface area contributed by atoms with Crippen LogP contribution in [0.3, 0.4) is 0 Å². The Hall–Kier alpha value is -1.99. The largest absolute Gasteiger partial charge is 0.464 e. The molecule has 8 heteroatoms. The first kappa shape index (κ1) is 17.8. The average Bonchev–Trinajstić information content (AvgIpc) is 3.12. The highest BCUT2D eigenvalue weighted by Gasteiger charge is 2.35. The van der Waals surface area contributed by atoms with Crippen LogP contribution in [0.4, 0.5) is 10.5 Å². The first-order valence-electron chi connectivity index (χ1n) is 7.91. The second kappa shape index (κ2) is 7.09. The molecule has 1 aromatic carbocycles. The molecule has 3 rings (SSSR count). The van der Waals surface area contributed by atoms with Gasteiger partial charge >= 0.3 is 6.03 Å². The number of amides is 2. The van der Waals surface area contributed by atoms with E-state index in [9.17, 15) is 13.2 Å². The zero-order valence-electron chi connectivity index (χ0n) is 13.7. The van der Waals surface area contributed by atoms with Crippen LogP contribution < -0.4 is 5.32 Å². The highest BCUT2D eigenvalue weighted by atomic mass is 35.5. The number of hydrogen-bond acceptors (Lipinski definition) is 4. The number of nitrogens with zero attached hydrogens (tertiary/aromatic N) is 1. The van der Waals surface area contributed by atoms with Crippen molar-refractivity contribution in [2.75, 3.05) is 16.8 Å². The molecule has 1 aromatic heterocycles. The predicted octanol–water partition coefficient (Wildman–Crippen LogP) is 3.46. The molecule has 1 atom stereocenters. The number of nitrogens with one attached hydrogen (secondary N) is 1. The van der Waals surface area contributed by atoms with Crippen LogP contribution in [0.5, 0.6) is 0 Å². The number of urea groups is 1. The molecule has 6 nitrogen and oxygen atoms in total. The number of hydrogen-bond donors (Lipinski definition) is 1. The fraction of sp³-hybridized carbons (Fsp3) is 0.353. The van der Waals surface area contributed by atoms with E-state index in [1.165, 1.54) is 4.90 Å². The highest BCUT2D eigenvalue weighted by Crippen LogP contribution is 2.22. The van der Waals surface area contributed by atoms with Crippen LogP contribution >= 0.6 is 11.6 Å². The molecule has 0 unspecified atom stereocenters. The minimum atomic E-state index is -3.11. The van der Waals surface area contributed by atoms with Gasteiger partial charge in [0.25, 0.3) is 0 Å². The number of carbonyl (C=O) groups excluding carboxylic acids is 1. The Morgan fingerprint density at radius 3 is 2.56 bits per heavy atom. The molecule has 1 fully saturated rings. The number of benzene rings is 1. The van der Waals surface area contributed by atoms with Gasteiger partial charge in [-0.3, -0.25) is 0 Å². The van der Waals surface area contributed by atoms with Gasteiger partial charge in [-0.25, -0.2) is 13.2 Å². The van der Waals surface area contributed by atoms with Crippen molar-refractivity contribution < 1.29 is 17.6 Å². The third-order valence-electron chi connectivity index (χ3n) is 4.13. The number of furan rings is 1. The van der Waals surface area contributed by atoms with Crippen LogP contribution in [0, 0.1) is 6.92 Å². The highest BCUT2D eigenvalue weighted by molar-refractivity contribution is 7.91. The Kier molecular flexibility index (Phi) is 5.06. The van der Waals surface area contributed by atoms with Crippen LogP contribution in [-0.2, 0) is 16.4 Å². The Morgan fingerprint density at radius 2 is 2.00 bits per heavy atom. The fourth-order valence-corrected chi connectivity index (χ4v) is 4.71. The Bertz CT molecular complexity index is 861. The first-order chi connectivity index (χ1) is 11.8. The number of carbonyl (C=O) groups is 1. The van der Waals surface area contributed by atoms with Gasteiger partial charge in [-0.1, -0.05) is 11.6 Å². The van der Waals surface area contributed by atoms with Gasteiger partial charge in [0.2, 0.25) is 0 Å². The van der Waals surface area contributed by atoms with Crippen molar-refractivity contribution >= 4 is 33.2 Å². The minimum Gasteiger partial charge on any atom is -0.464 e. The lowest BCUT2D eigenvalue weighted by molar-refractivity contribution is 0.183. The normalized spacial score (nSPS) is 18.9. The molecule has 0 spiro atoms. The second-order valence-electron chi connectivity index (χ2n) is 6.13. The summed E-state index contributed by atoms with van der Waals surface area (Å²) in [6, 6.07) is 9.62. The summed E-state index contributed by atoms with van der Waals surface area (Å²) >= 11 is 5.85. The monoisotopic (exact) mass is 382 g/mol. The minimum absolute atomic E-state index is 0.0271. The van der Waals surface area contributed by atoms with Crippen molar-refractivity contribution in [3.05, 3.63) is 52.9 Å². The lowest BCUT2D eigenvalue weighted by atomic mass is 10.2.